The van der Waals surface area contributed by atoms with Crippen LogP contribution >= 0.6 is 11.6 Å². The third kappa shape index (κ3) is 3.37. The Bertz CT molecular complexity index is 491. The van der Waals surface area contributed by atoms with Gasteiger partial charge in [0.25, 0.3) is 0 Å². The molecular weight excluding hydrogens is 276 g/mol. The Morgan fingerprint density at radius 3 is 3.00 bits per heavy atom. The molecule has 0 aliphatic heterocycles. The van der Waals surface area contributed by atoms with Gasteiger partial charge in [0.05, 0.1) is 16.7 Å². The number of nitrogens with two attached hydrogens (primary N) is 1. The van der Waals surface area contributed by atoms with Crippen LogP contribution in [0.4, 0.5) is 0 Å². The molecule has 0 heterocycles. The third-order valence-corrected chi connectivity index (χ3v) is 4.26. The van der Waals surface area contributed by atoms with Crippen molar-refractivity contribution in [1.29, 1.82) is 0 Å². The molecule has 0 amide bonds. The average molecular weight is 297 g/mol. The Labute approximate surface area is 124 Å². The van der Waals surface area contributed by atoms with Crippen LogP contribution in [-0.2, 0) is 0 Å². The standard InChI is InChI=1S/C15H21ClN2O2/c1-2-10-5-3-6-11(9-10)20-13-8-4-7-12(16)14(13)15(17)18-19/h4,7-8,10-11,19H,2-3,5-6,9H2,1H3,(H2,17,18). The molecule has 0 saturated heterocycles. The average Bonchev–Trinajstić information content (AvgIpc) is 2.47. The highest BCUT2D eigenvalue weighted by atomic mass is 35.5. The van der Waals surface area contributed by atoms with E-state index in [0.717, 1.165) is 18.8 Å². The zero-order chi connectivity index (χ0) is 14.5. The number of nitrogens with zero attached hydrogens (tertiary/aromatic N) is 1. The van der Waals surface area contributed by atoms with Gasteiger partial charge in [-0.25, -0.2) is 0 Å². The number of benzene rings is 1. The molecule has 1 saturated carbocycles. The predicted molar refractivity (Wildman–Crippen MR) is 80.6 cm³/mol. The van der Waals surface area contributed by atoms with Crippen molar-refractivity contribution in [2.75, 3.05) is 0 Å². The molecule has 3 N–H and O–H groups in total. The number of rotatable bonds is 4. The molecule has 1 fully saturated rings. The third-order valence-electron chi connectivity index (χ3n) is 3.94. The first-order valence-electron chi connectivity index (χ1n) is 7.08. The summed E-state index contributed by atoms with van der Waals surface area (Å²) in [7, 11) is 0. The van der Waals surface area contributed by atoms with Gasteiger partial charge < -0.3 is 15.7 Å². The normalized spacial score (nSPS) is 23.6. The summed E-state index contributed by atoms with van der Waals surface area (Å²) in [5, 5.41) is 12.3. The van der Waals surface area contributed by atoms with Crippen molar-refractivity contribution in [3.63, 3.8) is 0 Å². The zero-order valence-electron chi connectivity index (χ0n) is 11.7. The summed E-state index contributed by atoms with van der Waals surface area (Å²) in [4.78, 5) is 0. The van der Waals surface area contributed by atoms with Gasteiger partial charge in [-0.3, -0.25) is 0 Å². The van der Waals surface area contributed by atoms with E-state index < -0.39 is 0 Å². The molecule has 5 heteroatoms. The summed E-state index contributed by atoms with van der Waals surface area (Å²) in [6.07, 6.45) is 5.92. The fourth-order valence-electron chi connectivity index (χ4n) is 2.80. The van der Waals surface area contributed by atoms with E-state index in [0.29, 0.717) is 16.3 Å². The molecule has 110 valence electrons. The first-order valence-corrected chi connectivity index (χ1v) is 7.46. The molecule has 1 aromatic rings. The minimum Gasteiger partial charge on any atom is -0.490 e. The van der Waals surface area contributed by atoms with Crippen LogP contribution in [0.25, 0.3) is 0 Å². The predicted octanol–water partition coefficient (Wildman–Crippen LogP) is 3.78. The Balaban J connectivity index is 2.19. The zero-order valence-corrected chi connectivity index (χ0v) is 12.4. The maximum absolute atomic E-state index is 8.87. The van der Waals surface area contributed by atoms with E-state index in [4.69, 9.17) is 27.3 Å². The van der Waals surface area contributed by atoms with Gasteiger partial charge in [0.1, 0.15) is 5.75 Å². The smallest absolute Gasteiger partial charge is 0.175 e. The molecule has 1 aliphatic rings. The SMILES string of the molecule is CCC1CCCC(Oc2cccc(Cl)c2C(N)=NO)C1. The molecule has 1 aromatic carbocycles. The van der Waals surface area contributed by atoms with Gasteiger partial charge in [-0.15, -0.1) is 0 Å². The molecule has 2 unspecified atom stereocenters. The number of amidine groups is 1. The molecule has 0 bridgehead atoms. The van der Waals surface area contributed by atoms with Crippen molar-refractivity contribution in [1.82, 2.24) is 0 Å². The first-order chi connectivity index (χ1) is 9.65. The van der Waals surface area contributed by atoms with Gasteiger partial charge in [0, 0.05) is 0 Å². The maximum atomic E-state index is 8.87. The molecule has 2 rings (SSSR count). The van der Waals surface area contributed by atoms with Gasteiger partial charge in [-0.05, 0) is 37.3 Å². The lowest BCUT2D eigenvalue weighted by molar-refractivity contribution is 0.122. The quantitative estimate of drug-likeness (QED) is 0.384. The van der Waals surface area contributed by atoms with Gasteiger partial charge in [-0.1, -0.05) is 42.6 Å². The van der Waals surface area contributed by atoms with E-state index in [-0.39, 0.29) is 11.9 Å². The summed E-state index contributed by atoms with van der Waals surface area (Å²) < 4.78 is 6.07. The summed E-state index contributed by atoms with van der Waals surface area (Å²) in [5.74, 6) is 1.29. The minimum atomic E-state index is -0.0200. The molecule has 0 radical (unpaired) electrons. The molecule has 2 atom stereocenters. The number of ether oxygens (including phenoxy) is 1. The molecule has 1 aliphatic carbocycles. The fourth-order valence-corrected chi connectivity index (χ4v) is 3.06. The lowest BCUT2D eigenvalue weighted by Gasteiger charge is -2.29. The van der Waals surface area contributed by atoms with Crippen LogP contribution in [0.15, 0.2) is 23.4 Å². The van der Waals surface area contributed by atoms with E-state index in [1.54, 1.807) is 6.07 Å². The topological polar surface area (TPSA) is 67.8 Å². The number of hydrogen-bond acceptors (Lipinski definition) is 3. The van der Waals surface area contributed by atoms with Crippen molar-refractivity contribution in [3.05, 3.63) is 28.8 Å². The van der Waals surface area contributed by atoms with Crippen LogP contribution in [-0.4, -0.2) is 17.1 Å². The summed E-state index contributed by atoms with van der Waals surface area (Å²) in [6.45, 7) is 2.22. The first kappa shape index (κ1) is 15.0. The van der Waals surface area contributed by atoms with Crippen LogP contribution in [0, 0.1) is 5.92 Å². The van der Waals surface area contributed by atoms with Gasteiger partial charge in [0.15, 0.2) is 5.84 Å². The number of oxime groups is 1. The van der Waals surface area contributed by atoms with Crippen molar-refractivity contribution in [2.45, 2.75) is 45.1 Å². The summed E-state index contributed by atoms with van der Waals surface area (Å²) in [6, 6.07) is 5.33. The van der Waals surface area contributed by atoms with E-state index in [2.05, 4.69) is 12.1 Å². The van der Waals surface area contributed by atoms with Crippen LogP contribution in [0.1, 0.15) is 44.6 Å². The number of hydrogen-bond donors (Lipinski definition) is 2. The molecule has 0 aromatic heterocycles. The highest BCUT2D eigenvalue weighted by Crippen LogP contribution is 2.32. The highest BCUT2D eigenvalue weighted by molar-refractivity contribution is 6.34. The molecule has 4 nitrogen and oxygen atoms in total. The van der Waals surface area contributed by atoms with Gasteiger partial charge in [0.2, 0.25) is 0 Å². The molecule has 0 spiro atoms. The summed E-state index contributed by atoms with van der Waals surface area (Å²) >= 11 is 6.12. The lowest BCUT2D eigenvalue weighted by Crippen LogP contribution is -2.26. The highest BCUT2D eigenvalue weighted by Gasteiger charge is 2.24. The van der Waals surface area contributed by atoms with E-state index >= 15 is 0 Å². The van der Waals surface area contributed by atoms with Gasteiger partial charge >= 0.3 is 0 Å². The second-order valence-corrected chi connectivity index (χ2v) is 5.69. The van der Waals surface area contributed by atoms with Crippen molar-refractivity contribution >= 4 is 17.4 Å². The monoisotopic (exact) mass is 296 g/mol. The number of halogens is 1. The van der Waals surface area contributed by atoms with Gasteiger partial charge in [-0.2, -0.15) is 0 Å². The molecule has 20 heavy (non-hydrogen) atoms. The van der Waals surface area contributed by atoms with E-state index in [1.165, 1.54) is 19.3 Å². The fraction of sp³-hybridized carbons (Fsp3) is 0.533. The van der Waals surface area contributed by atoms with Crippen LogP contribution < -0.4 is 10.5 Å². The molecular formula is C15H21ClN2O2. The van der Waals surface area contributed by atoms with Crippen LogP contribution in [0.5, 0.6) is 5.75 Å². The van der Waals surface area contributed by atoms with Crippen LogP contribution in [0.3, 0.4) is 0 Å². The Kier molecular flexibility index (Phi) is 5.12. The minimum absolute atomic E-state index is 0.0200. The second kappa shape index (κ2) is 6.84. The van der Waals surface area contributed by atoms with Crippen molar-refractivity contribution < 1.29 is 9.94 Å². The lowest BCUT2D eigenvalue weighted by atomic mass is 9.85. The maximum Gasteiger partial charge on any atom is 0.175 e. The van der Waals surface area contributed by atoms with E-state index in [1.807, 2.05) is 12.1 Å². The Hall–Kier alpha value is -1.42. The Morgan fingerprint density at radius 2 is 2.30 bits per heavy atom. The second-order valence-electron chi connectivity index (χ2n) is 5.28. The largest absolute Gasteiger partial charge is 0.490 e. The van der Waals surface area contributed by atoms with Crippen molar-refractivity contribution in [3.8, 4) is 5.75 Å². The van der Waals surface area contributed by atoms with Crippen molar-refractivity contribution in [2.24, 2.45) is 16.8 Å². The summed E-state index contributed by atoms with van der Waals surface area (Å²) in [5.41, 5.74) is 6.16. The van der Waals surface area contributed by atoms with Crippen LogP contribution in [0.2, 0.25) is 5.02 Å². The van der Waals surface area contributed by atoms with E-state index in [9.17, 15) is 0 Å². The Morgan fingerprint density at radius 1 is 1.50 bits per heavy atom.